The van der Waals surface area contributed by atoms with Crippen molar-refractivity contribution >= 4 is 24.0 Å². The number of rotatable bonds is 10. The number of nitrogens with one attached hydrogen (secondary N) is 4. The van der Waals surface area contributed by atoms with E-state index >= 15 is 0 Å². The molecule has 0 radical (unpaired) electrons. The second-order valence-corrected chi connectivity index (χ2v) is 4.82. The van der Waals surface area contributed by atoms with Crippen LogP contribution in [-0.4, -0.2) is 64.4 Å². The molecule has 0 spiro atoms. The lowest BCUT2D eigenvalue weighted by Crippen LogP contribution is -2.47. The minimum atomic E-state index is -0.778. The summed E-state index contributed by atoms with van der Waals surface area (Å²) in [6.07, 6.45) is 0.474. The van der Waals surface area contributed by atoms with Crippen molar-refractivity contribution in [3.8, 4) is 0 Å². The van der Waals surface area contributed by atoms with Crippen LogP contribution >= 0.6 is 0 Å². The molecule has 1 unspecified atom stereocenters. The summed E-state index contributed by atoms with van der Waals surface area (Å²) < 4.78 is 8.93. The fourth-order valence-electron chi connectivity index (χ4n) is 1.75. The maximum atomic E-state index is 12.1. The molecule has 4 N–H and O–H groups in total. The standard InChI is InChI=1S/C14H26N4O6/c1-15-11(19)7-9-16-12(20)10(18-14(22)24-3)6-4-5-8-17-13(21)23-2/h10H,4-9H2,1-3H3,(H,15,19)(H,16,20)(H,17,21)(H,18,22). The van der Waals surface area contributed by atoms with Crippen LogP contribution in [-0.2, 0) is 19.1 Å². The first kappa shape index (κ1) is 21.5. The predicted octanol–water partition coefficient (Wildman–Crippen LogP) is -0.510. The molecule has 24 heavy (non-hydrogen) atoms. The molecule has 0 saturated heterocycles. The molecule has 0 aliphatic carbocycles. The molecule has 0 bridgehead atoms. The van der Waals surface area contributed by atoms with E-state index in [1.807, 2.05) is 0 Å². The van der Waals surface area contributed by atoms with Crippen LogP contribution in [0.4, 0.5) is 9.59 Å². The smallest absolute Gasteiger partial charge is 0.407 e. The molecule has 0 aromatic rings. The number of hydrogen-bond donors (Lipinski definition) is 4. The molecule has 10 nitrogen and oxygen atoms in total. The molecule has 0 heterocycles. The fourth-order valence-corrected chi connectivity index (χ4v) is 1.75. The summed E-state index contributed by atoms with van der Waals surface area (Å²) in [6, 6.07) is -0.778. The molecular weight excluding hydrogens is 320 g/mol. The maximum absolute atomic E-state index is 12.1. The van der Waals surface area contributed by atoms with Crippen molar-refractivity contribution < 1.29 is 28.7 Å². The Kier molecular flexibility index (Phi) is 11.6. The van der Waals surface area contributed by atoms with Crippen LogP contribution < -0.4 is 21.3 Å². The van der Waals surface area contributed by atoms with Crippen LogP contribution in [0.15, 0.2) is 0 Å². The molecule has 138 valence electrons. The molecule has 0 aromatic carbocycles. The summed E-state index contributed by atoms with van der Waals surface area (Å²) in [5, 5.41) is 10.00. The Morgan fingerprint density at radius 2 is 1.58 bits per heavy atom. The van der Waals surface area contributed by atoms with E-state index in [9.17, 15) is 19.2 Å². The highest BCUT2D eigenvalue weighted by Crippen LogP contribution is 2.02. The SMILES string of the molecule is CNC(=O)CCNC(=O)C(CCCCNC(=O)OC)NC(=O)OC. The van der Waals surface area contributed by atoms with Crippen molar-refractivity contribution in [2.75, 3.05) is 34.4 Å². The van der Waals surface area contributed by atoms with E-state index in [4.69, 9.17) is 0 Å². The van der Waals surface area contributed by atoms with Gasteiger partial charge in [0.15, 0.2) is 0 Å². The predicted molar refractivity (Wildman–Crippen MR) is 85.3 cm³/mol. The minimum Gasteiger partial charge on any atom is -0.453 e. The molecule has 0 fully saturated rings. The van der Waals surface area contributed by atoms with E-state index in [0.717, 1.165) is 0 Å². The van der Waals surface area contributed by atoms with Gasteiger partial charge in [-0.05, 0) is 19.3 Å². The molecule has 10 heteroatoms. The Bertz CT molecular complexity index is 429. The van der Waals surface area contributed by atoms with Gasteiger partial charge in [0.05, 0.1) is 14.2 Å². The van der Waals surface area contributed by atoms with Gasteiger partial charge in [0, 0.05) is 26.6 Å². The van der Waals surface area contributed by atoms with Gasteiger partial charge < -0.3 is 30.7 Å². The first-order valence-corrected chi connectivity index (χ1v) is 7.59. The van der Waals surface area contributed by atoms with Gasteiger partial charge in [-0.1, -0.05) is 0 Å². The quantitative estimate of drug-likeness (QED) is 0.394. The highest BCUT2D eigenvalue weighted by molar-refractivity contribution is 5.86. The van der Waals surface area contributed by atoms with Crippen molar-refractivity contribution in [2.45, 2.75) is 31.7 Å². The van der Waals surface area contributed by atoms with E-state index < -0.39 is 24.1 Å². The van der Waals surface area contributed by atoms with E-state index in [1.54, 1.807) is 0 Å². The van der Waals surface area contributed by atoms with Crippen molar-refractivity contribution in [3.63, 3.8) is 0 Å². The van der Waals surface area contributed by atoms with Gasteiger partial charge in [0.1, 0.15) is 6.04 Å². The van der Waals surface area contributed by atoms with E-state index in [-0.39, 0.29) is 18.9 Å². The number of hydrogen-bond acceptors (Lipinski definition) is 6. The second-order valence-electron chi connectivity index (χ2n) is 4.82. The summed E-state index contributed by atoms with van der Waals surface area (Å²) in [5.74, 6) is -0.591. The third-order valence-electron chi connectivity index (χ3n) is 3.10. The van der Waals surface area contributed by atoms with E-state index in [2.05, 4.69) is 30.7 Å². The van der Waals surface area contributed by atoms with Crippen LogP contribution in [0.5, 0.6) is 0 Å². The van der Waals surface area contributed by atoms with Crippen LogP contribution in [0.2, 0.25) is 0 Å². The molecule has 4 amide bonds. The maximum Gasteiger partial charge on any atom is 0.407 e. The Morgan fingerprint density at radius 1 is 0.917 bits per heavy atom. The highest BCUT2D eigenvalue weighted by atomic mass is 16.5. The number of methoxy groups -OCH3 is 2. The summed E-state index contributed by atoms with van der Waals surface area (Å²) in [6.45, 7) is 0.567. The van der Waals surface area contributed by atoms with Crippen LogP contribution in [0.25, 0.3) is 0 Å². The number of carbonyl (C=O) groups excluding carboxylic acids is 4. The normalized spacial score (nSPS) is 11.0. The summed E-state index contributed by atoms with van der Waals surface area (Å²) in [7, 11) is 3.99. The lowest BCUT2D eigenvalue weighted by atomic mass is 10.1. The zero-order chi connectivity index (χ0) is 18.4. The Labute approximate surface area is 141 Å². The van der Waals surface area contributed by atoms with Crippen molar-refractivity contribution in [1.82, 2.24) is 21.3 Å². The molecular formula is C14H26N4O6. The van der Waals surface area contributed by atoms with Gasteiger partial charge in [-0.25, -0.2) is 9.59 Å². The number of alkyl carbamates (subject to hydrolysis) is 2. The molecule has 0 rings (SSSR count). The summed E-state index contributed by atoms with van der Waals surface area (Å²) in [4.78, 5) is 45.4. The average Bonchev–Trinajstić information content (AvgIpc) is 2.59. The lowest BCUT2D eigenvalue weighted by Gasteiger charge is -2.17. The first-order chi connectivity index (χ1) is 11.4. The van der Waals surface area contributed by atoms with Gasteiger partial charge in [-0.15, -0.1) is 0 Å². The lowest BCUT2D eigenvalue weighted by molar-refractivity contribution is -0.123. The third kappa shape index (κ3) is 10.2. The van der Waals surface area contributed by atoms with Gasteiger partial charge in [-0.2, -0.15) is 0 Å². The van der Waals surface area contributed by atoms with E-state index in [0.29, 0.717) is 25.8 Å². The number of ether oxygens (including phenoxy) is 2. The Morgan fingerprint density at radius 3 is 2.17 bits per heavy atom. The average molecular weight is 346 g/mol. The molecule has 0 aromatic heterocycles. The highest BCUT2D eigenvalue weighted by Gasteiger charge is 2.20. The van der Waals surface area contributed by atoms with Crippen molar-refractivity contribution in [1.29, 1.82) is 0 Å². The first-order valence-electron chi connectivity index (χ1n) is 7.59. The number of unbranched alkanes of at least 4 members (excludes halogenated alkanes) is 1. The topological polar surface area (TPSA) is 135 Å². The third-order valence-corrected chi connectivity index (χ3v) is 3.10. The summed E-state index contributed by atoms with van der Waals surface area (Å²) in [5.41, 5.74) is 0. The zero-order valence-electron chi connectivity index (χ0n) is 14.3. The molecule has 0 saturated carbocycles. The summed E-state index contributed by atoms with van der Waals surface area (Å²) >= 11 is 0. The van der Waals surface area contributed by atoms with E-state index in [1.165, 1.54) is 21.3 Å². The second kappa shape index (κ2) is 13.0. The monoisotopic (exact) mass is 346 g/mol. The van der Waals surface area contributed by atoms with Gasteiger partial charge >= 0.3 is 12.2 Å². The number of amides is 4. The van der Waals surface area contributed by atoms with Gasteiger partial charge in [0.25, 0.3) is 0 Å². The Balaban J connectivity index is 4.25. The Hall–Kier alpha value is -2.52. The number of carbonyl (C=O) groups is 4. The molecule has 0 aliphatic rings. The minimum absolute atomic E-state index is 0.149. The van der Waals surface area contributed by atoms with Crippen LogP contribution in [0.3, 0.4) is 0 Å². The fraction of sp³-hybridized carbons (Fsp3) is 0.714. The van der Waals surface area contributed by atoms with Gasteiger partial charge in [0.2, 0.25) is 11.8 Å². The molecule has 1 atom stereocenters. The largest absolute Gasteiger partial charge is 0.453 e. The zero-order valence-corrected chi connectivity index (χ0v) is 14.3. The van der Waals surface area contributed by atoms with Crippen molar-refractivity contribution in [2.24, 2.45) is 0 Å². The molecule has 0 aliphatic heterocycles. The van der Waals surface area contributed by atoms with Crippen molar-refractivity contribution in [3.05, 3.63) is 0 Å². The van der Waals surface area contributed by atoms with Crippen LogP contribution in [0.1, 0.15) is 25.7 Å². The van der Waals surface area contributed by atoms with Gasteiger partial charge in [-0.3, -0.25) is 9.59 Å². The van der Waals surface area contributed by atoms with Crippen LogP contribution in [0, 0.1) is 0 Å².